The number of hydrogen-bond donors (Lipinski definition) is 1. The molecule has 0 aromatic carbocycles. The van der Waals surface area contributed by atoms with E-state index in [-0.39, 0.29) is 5.97 Å². The Morgan fingerprint density at radius 1 is 1.54 bits per heavy atom. The van der Waals surface area contributed by atoms with Gasteiger partial charge in [-0.15, -0.1) is 0 Å². The standard InChI is InChI=1S/C9H18N2O2/c1-8(7-9(12)13-4)10-5-6-11(2)3/h7,10H,5-6H2,1-4H3. The summed E-state index contributed by atoms with van der Waals surface area (Å²) in [6, 6.07) is 0. The Kier molecular flexibility index (Phi) is 5.97. The summed E-state index contributed by atoms with van der Waals surface area (Å²) in [4.78, 5) is 12.8. The smallest absolute Gasteiger partial charge is 0.332 e. The van der Waals surface area contributed by atoms with Gasteiger partial charge in [0.25, 0.3) is 0 Å². The highest BCUT2D eigenvalue weighted by molar-refractivity contribution is 5.82. The number of methoxy groups -OCH3 is 1. The molecule has 13 heavy (non-hydrogen) atoms. The Morgan fingerprint density at radius 2 is 2.15 bits per heavy atom. The Labute approximate surface area is 79.6 Å². The number of allylic oxidation sites excluding steroid dienone is 1. The summed E-state index contributed by atoms with van der Waals surface area (Å²) in [6.45, 7) is 3.60. The predicted molar refractivity (Wildman–Crippen MR) is 52.3 cm³/mol. The lowest BCUT2D eigenvalue weighted by Crippen LogP contribution is -2.25. The van der Waals surface area contributed by atoms with Crippen LogP contribution >= 0.6 is 0 Å². The van der Waals surface area contributed by atoms with E-state index in [0.29, 0.717) is 0 Å². The molecule has 4 heteroatoms. The molecule has 0 aliphatic heterocycles. The van der Waals surface area contributed by atoms with Gasteiger partial charge in [0, 0.05) is 24.9 Å². The summed E-state index contributed by atoms with van der Waals surface area (Å²) in [6.07, 6.45) is 1.44. The fourth-order valence-electron chi connectivity index (χ4n) is 0.763. The maximum Gasteiger partial charge on any atom is 0.332 e. The molecule has 0 amide bonds. The second-order valence-electron chi connectivity index (χ2n) is 3.08. The average Bonchev–Trinajstić information content (AvgIpc) is 2.03. The van der Waals surface area contributed by atoms with Crippen molar-refractivity contribution < 1.29 is 9.53 Å². The van der Waals surface area contributed by atoms with Crippen LogP contribution in [0.5, 0.6) is 0 Å². The van der Waals surface area contributed by atoms with Crippen LogP contribution in [-0.4, -0.2) is 45.2 Å². The Bertz CT molecular complexity index is 188. The van der Waals surface area contributed by atoms with Gasteiger partial charge >= 0.3 is 5.97 Å². The third-order valence-corrected chi connectivity index (χ3v) is 1.50. The number of hydrogen-bond acceptors (Lipinski definition) is 4. The van der Waals surface area contributed by atoms with Crippen molar-refractivity contribution >= 4 is 5.97 Å². The molecule has 0 bridgehead atoms. The molecule has 0 rings (SSSR count). The zero-order valence-electron chi connectivity index (χ0n) is 8.76. The van der Waals surface area contributed by atoms with Gasteiger partial charge in [-0.1, -0.05) is 0 Å². The molecule has 0 saturated carbocycles. The van der Waals surface area contributed by atoms with Crippen molar-refractivity contribution in [2.75, 3.05) is 34.3 Å². The summed E-state index contributed by atoms with van der Waals surface area (Å²) < 4.78 is 4.48. The second-order valence-corrected chi connectivity index (χ2v) is 3.08. The van der Waals surface area contributed by atoms with Gasteiger partial charge in [-0.25, -0.2) is 4.79 Å². The Morgan fingerprint density at radius 3 is 2.62 bits per heavy atom. The number of nitrogens with one attached hydrogen (secondary N) is 1. The molecule has 0 heterocycles. The summed E-state index contributed by atoms with van der Waals surface area (Å²) in [5.74, 6) is -0.324. The van der Waals surface area contributed by atoms with Gasteiger partial charge in [-0.2, -0.15) is 0 Å². The van der Waals surface area contributed by atoms with E-state index in [0.717, 1.165) is 18.8 Å². The number of nitrogens with zero attached hydrogens (tertiary/aromatic N) is 1. The minimum Gasteiger partial charge on any atom is -0.466 e. The first-order chi connectivity index (χ1) is 6.06. The van der Waals surface area contributed by atoms with Crippen molar-refractivity contribution in [1.29, 1.82) is 0 Å². The van der Waals surface area contributed by atoms with Gasteiger partial charge in [0.2, 0.25) is 0 Å². The lowest BCUT2D eigenvalue weighted by Gasteiger charge is -2.11. The fourth-order valence-corrected chi connectivity index (χ4v) is 0.763. The van der Waals surface area contributed by atoms with Crippen LogP contribution in [0.1, 0.15) is 6.92 Å². The van der Waals surface area contributed by atoms with Crippen LogP contribution in [0.2, 0.25) is 0 Å². The normalized spacial score (nSPS) is 11.6. The zero-order valence-corrected chi connectivity index (χ0v) is 8.76. The van der Waals surface area contributed by atoms with Crippen LogP contribution in [0.3, 0.4) is 0 Å². The van der Waals surface area contributed by atoms with Crippen molar-refractivity contribution in [3.8, 4) is 0 Å². The molecule has 0 spiro atoms. The molecular formula is C9H18N2O2. The summed E-state index contributed by atoms with van der Waals surface area (Å²) in [5, 5.41) is 3.10. The van der Waals surface area contributed by atoms with Crippen molar-refractivity contribution in [1.82, 2.24) is 10.2 Å². The monoisotopic (exact) mass is 186 g/mol. The summed E-state index contributed by atoms with van der Waals surface area (Å²) >= 11 is 0. The van der Waals surface area contributed by atoms with Gasteiger partial charge in [-0.3, -0.25) is 0 Å². The zero-order chi connectivity index (χ0) is 10.3. The van der Waals surface area contributed by atoms with Crippen LogP contribution in [0, 0.1) is 0 Å². The van der Waals surface area contributed by atoms with Crippen molar-refractivity contribution in [3.05, 3.63) is 11.8 Å². The molecule has 0 saturated heterocycles. The highest BCUT2D eigenvalue weighted by Crippen LogP contribution is 1.87. The second kappa shape index (κ2) is 6.48. The first kappa shape index (κ1) is 12.0. The average molecular weight is 186 g/mol. The highest BCUT2D eigenvalue weighted by Gasteiger charge is 1.95. The van der Waals surface area contributed by atoms with Crippen LogP contribution in [0.15, 0.2) is 11.8 Å². The lowest BCUT2D eigenvalue weighted by atomic mass is 10.4. The van der Waals surface area contributed by atoms with E-state index in [4.69, 9.17) is 0 Å². The van der Waals surface area contributed by atoms with Crippen LogP contribution < -0.4 is 5.32 Å². The van der Waals surface area contributed by atoms with Gasteiger partial charge in [0.1, 0.15) is 0 Å². The van der Waals surface area contributed by atoms with E-state index in [9.17, 15) is 4.79 Å². The number of carbonyl (C=O) groups excluding carboxylic acids is 1. The molecular weight excluding hydrogens is 168 g/mol. The highest BCUT2D eigenvalue weighted by atomic mass is 16.5. The molecule has 0 aliphatic carbocycles. The van der Waals surface area contributed by atoms with E-state index >= 15 is 0 Å². The van der Waals surface area contributed by atoms with Gasteiger partial charge in [0.05, 0.1) is 7.11 Å². The molecule has 76 valence electrons. The molecule has 0 aromatic heterocycles. The van der Waals surface area contributed by atoms with Crippen LogP contribution in [-0.2, 0) is 9.53 Å². The molecule has 0 radical (unpaired) electrons. The number of likely N-dealkylation sites (N-methyl/N-ethyl adjacent to an activating group) is 1. The number of rotatable bonds is 5. The Hall–Kier alpha value is -1.03. The van der Waals surface area contributed by atoms with Crippen LogP contribution in [0.4, 0.5) is 0 Å². The quantitative estimate of drug-likeness (QED) is 0.492. The minimum absolute atomic E-state index is 0.324. The molecule has 0 aromatic rings. The van der Waals surface area contributed by atoms with E-state index < -0.39 is 0 Å². The minimum atomic E-state index is -0.324. The molecule has 0 fully saturated rings. The van der Waals surface area contributed by atoms with E-state index in [1.807, 2.05) is 21.0 Å². The SMILES string of the molecule is COC(=O)C=C(C)NCCN(C)C. The summed E-state index contributed by atoms with van der Waals surface area (Å²) in [5.41, 5.74) is 0.828. The first-order valence-electron chi connectivity index (χ1n) is 4.21. The van der Waals surface area contributed by atoms with Gasteiger partial charge in [-0.05, 0) is 21.0 Å². The lowest BCUT2D eigenvalue weighted by molar-refractivity contribution is -0.134. The molecule has 0 atom stereocenters. The van der Waals surface area contributed by atoms with E-state index in [2.05, 4.69) is 15.0 Å². The van der Waals surface area contributed by atoms with Crippen LogP contribution in [0.25, 0.3) is 0 Å². The van der Waals surface area contributed by atoms with Gasteiger partial charge in [0.15, 0.2) is 0 Å². The third kappa shape index (κ3) is 7.33. The number of carbonyl (C=O) groups is 1. The fraction of sp³-hybridized carbons (Fsp3) is 0.667. The molecule has 4 nitrogen and oxygen atoms in total. The number of esters is 1. The first-order valence-corrected chi connectivity index (χ1v) is 4.21. The third-order valence-electron chi connectivity index (χ3n) is 1.50. The van der Waals surface area contributed by atoms with Crippen molar-refractivity contribution in [3.63, 3.8) is 0 Å². The van der Waals surface area contributed by atoms with Crippen molar-refractivity contribution in [2.45, 2.75) is 6.92 Å². The molecule has 0 unspecified atom stereocenters. The molecule has 1 N–H and O–H groups in total. The maximum absolute atomic E-state index is 10.8. The summed E-state index contributed by atoms with van der Waals surface area (Å²) in [7, 11) is 5.37. The van der Waals surface area contributed by atoms with Gasteiger partial charge < -0.3 is 15.0 Å². The topological polar surface area (TPSA) is 41.6 Å². The number of ether oxygens (including phenoxy) is 1. The maximum atomic E-state index is 10.8. The van der Waals surface area contributed by atoms with E-state index in [1.54, 1.807) is 0 Å². The van der Waals surface area contributed by atoms with Crippen molar-refractivity contribution in [2.24, 2.45) is 0 Å². The Balaban J connectivity index is 3.67. The largest absolute Gasteiger partial charge is 0.466 e. The molecule has 0 aliphatic rings. The van der Waals surface area contributed by atoms with E-state index in [1.165, 1.54) is 13.2 Å². The predicted octanol–water partition coefficient (Wildman–Crippen LogP) is 0.214.